The van der Waals surface area contributed by atoms with Gasteiger partial charge in [0.25, 0.3) is 0 Å². The van der Waals surface area contributed by atoms with Gasteiger partial charge >= 0.3 is 6.03 Å². The number of piperidine rings is 1. The van der Waals surface area contributed by atoms with Gasteiger partial charge in [0.15, 0.2) is 0 Å². The molecule has 6 nitrogen and oxygen atoms in total. The summed E-state index contributed by atoms with van der Waals surface area (Å²) < 4.78 is 5.14. The highest BCUT2D eigenvalue weighted by molar-refractivity contribution is 5.89. The molecule has 1 aromatic heterocycles. The summed E-state index contributed by atoms with van der Waals surface area (Å²) in [6.07, 6.45) is 5.12. The molecule has 1 aliphatic heterocycles. The smallest absolute Gasteiger partial charge is 0.319 e. The summed E-state index contributed by atoms with van der Waals surface area (Å²) in [7, 11) is 1.63. The average Bonchev–Trinajstić information content (AvgIpc) is 3.17. The largest absolute Gasteiger partial charge is 0.497 e. The standard InChI is InChI=1S/C23H28N4O2/c1-29-20-8-6-18(7-9-20)25-23(28)26-19-11-14-27(15-12-19)13-10-17-16-24-22-5-3-2-4-21(17)22/h2-9,16,19,24H,10-15H2,1H3,(H2,25,26,28). The first-order chi connectivity index (χ1) is 14.2. The summed E-state index contributed by atoms with van der Waals surface area (Å²) in [5.74, 6) is 0.774. The first-order valence-electron chi connectivity index (χ1n) is 10.2. The summed E-state index contributed by atoms with van der Waals surface area (Å²) >= 11 is 0. The molecule has 0 bridgehead atoms. The first-order valence-corrected chi connectivity index (χ1v) is 10.2. The predicted molar refractivity (Wildman–Crippen MR) is 117 cm³/mol. The molecule has 1 saturated heterocycles. The van der Waals surface area contributed by atoms with Crippen LogP contribution in [0, 0.1) is 0 Å². The molecule has 0 unspecified atom stereocenters. The Morgan fingerprint density at radius 3 is 2.66 bits per heavy atom. The number of anilines is 1. The fraction of sp³-hybridized carbons (Fsp3) is 0.348. The van der Waals surface area contributed by atoms with Crippen molar-refractivity contribution in [1.29, 1.82) is 0 Å². The minimum absolute atomic E-state index is 0.146. The van der Waals surface area contributed by atoms with E-state index in [1.165, 1.54) is 16.5 Å². The van der Waals surface area contributed by atoms with Gasteiger partial charge in [0, 0.05) is 48.5 Å². The topological polar surface area (TPSA) is 69.4 Å². The Hall–Kier alpha value is -2.99. The Morgan fingerprint density at radius 1 is 1.14 bits per heavy atom. The number of rotatable bonds is 6. The number of nitrogens with one attached hydrogen (secondary N) is 3. The van der Waals surface area contributed by atoms with Crippen LogP contribution in [0.3, 0.4) is 0 Å². The quantitative estimate of drug-likeness (QED) is 0.594. The molecule has 2 amide bonds. The van der Waals surface area contributed by atoms with Gasteiger partial charge in [0.2, 0.25) is 0 Å². The van der Waals surface area contributed by atoms with Gasteiger partial charge < -0.3 is 25.3 Å². The highest BCUT2D eigenvalue weighted by atomic mass is 16.5. The number of para-hydroxylation sites is 1. The monoisotopic (exact) mass is 392 g/mol. The van der Waals surface area contributed by atoms with Crippen LogP contribution in [0.4, 0.5) is 10.5 Å². The third-order valence-electron chi connectivity index (χ3n) is 5.64. The zero-order chi connectivity index (χ0) is 20.1. The molecular weight excluding hydrogens is 364 g/mol. The van der Waals surface area contributed by atoms with E-state index in [9.17, 15) is 4.79 Å². The van der Waals surface area contributed by atoms with Crippen LogP contribution in [-0.4, -0.2) is 48.7 Å². The Kier molecular flexibility index (Phi) is 6.00. The number of fused-ring (bicyclic) bond motifs is 1. The Labute approximate surface area is 171 Å². The van der Waals surface area contributed by atoms with Crippen LogP contribution in [0.5, 0.6) is 5.75 Å². The lowest BCUT2D eigenvalue weighted by Crippen LogP contribution is -2.46. The SMILES string of the molecule is COc1ccc(NC(=O)NC2CCN(CCc3c[nH]c4ccccc34)CC2)cc1. The van der Waals surface area contributed by atoms with E-state index in [2.05, 4.69) is 51.0 Å². The maximum absolute atomic E-state index is 12.3. The highest BCUT2D eigenvalue weighted by Gasteiger charge is 2.20. The number of hydrogen-bond acceptors (Lipinski definition) is 3. The number of benzene rings is 2. The minimum atomic E-state index is -0.146. The third kappa shape index (κ3) is 4.90. The lowest BCUT2D eigenvalue weighted by Gasteiger charge is -2.32. The molecule has 0 saturated carbocycles. The molecule has 2 heterocycles. The molecule has 152 valence electrons. The molecule has 1 fully saturated rings. The van der Waals surface area contributed by atoms with E-state index in [1.807, 2.05) is 24.3 Å². The molecule has 6 heteroatoms. The summed E-state index contributed by atoms with van der Waals surface area (Å²) in [4.78, 5) is 18.1. The molecule has 2 aromatic carbocycles. The normalized spacial score (nSPS) is 15.3. The number of hydrogen-bond donors (Lipinski definition) is 3. The lowest BCUT2D eigenvalue weighted by atomic mass is 10.0. The van der Waals surface area contributed by atoms with E-state index in [0.717, 1.165) is 50.3 Å². The second kappa shape index (κ2) is 9.01. The van der Waals surface area contributed by atoms with Crippen LogP contribution in [0.1, 0.15) is 18.4 Å². The van der Waals surface area contributed by atoms with Gasteiger partial charge in [-0.15, -0.1) is 0 Å². The molecule has 0 spiro atoms. The number of carbonyl (C=O) groups excluding carboxylic acids is 1. The molecule has 0 aliphatic carbocycles. The molecular formula is C23H28N4O2. The van der Waals surface area contributed by atoms with Crippen molar-refractivity contribution in [3.63, 3.8) is 0 Å². The Balaban J connectivity index is 1.20. The first kappa shape index (κ1) is 19.3. The zero-order valence-corrected chi connectivity index (χ0v) is 16.8. The molecule has 0 radical (unpaired) electrons. The van der Waals surface area contributed by atoms with Crippen molar-refractivity contribution in [1.82, 2.24) is 15.2 Å². The van der Waals surface area contributed by atoms with Gasteiger partial charge in [-0.3, -0.25) is 0 Å². The number of carbonyl (C=O) groups is 1. The molecule has 1 aliphatic rings. The van der Waals surface area contributed by atoms with Gasteiger partial charge in [-0.2, -0.15) is 0 Å². The maximum Gasteiger partial charge on any atom is 0.319 e. The van der Waals surface area contributed by atoms with Gasteiger partial charge in [-0.05, 0) is 55.2 Å². The van der Waals surface area contributed by atoms with E-state index in [0.29, 0.717) is 0 Å². The van der Waals surface area contributed by atoms with Crippen molar-refractivity contribution in [3.05, 3.63) is 60.3 Å². The third-order valence-corrected chi connectivity index (χ3v) is 5.64. The summed E-state index contributed by atoms with van der Waals surface area (Å²) in [5.41, 5.74) is 3.34. The van der Waals surface area contributed by atoms with Crippen molar-refractivity contribution >= 4 is 22.6 Å². The zero-order valence-electron chi connectivity index (χ0n) is 16.8. The highest BCUT2D eigenvalue weighted by Crippen LogP contribution is 2.19. The second-order valence-electron chi connectivity index (χ2n) is 7.55. The van der Waals surface area contributed by atoms with Crippen LogP contribution in [0.2, 0.25) is 0 Å². The van der Waals surface area contributed by atoms with E-state index < -0.39 is 0 Å². The average molecular weight is 393 g/mol. The number of likely N-dealkylation sites (tertiary alicyclic amines) is 1. The van der Waals surface area contributed by atoms with E-state index in [-0.39, 0.29) is 12.1 Å². The van der Waals surface area contributed by atoms with Crippen LogP contribution in [0.25, 0.3) is 10.9 Å². The number of H-pyrrole nitrogens is 1. The van der Waals surface area contributed by atoms with Crippen LogP contribution in [0.15, 0.2) is 54.7 Å². The minimum Gasteiger partial charge on any atom is -0.497 e. The van der Waals surface area contributed by atoms with Gasteiger partial charge in [0.05, 0.1) is 7.11 Å². The predicted octanol–water partition coefficient (Wildman–Crippen LogP) is 4.01. The number of urea groups is 1. The van der Waals surface area contributed by atoms with E-state index >= 15 is 0 Å². The van der Waals surface area contributed by atoms with Crippen molar-refractivity contribution < 1.29 is 9.53 Å². The summed E-state index contributed by atoms with van der Waals surface area (Å²) in [6, 6.07) is 15.9. The second-order valence-corrected chi connectivity index (χ2v) is 7.55. The number of nitrogens with zero attached hydrogens (tertiary/aromatic N) is 1. The molecule has 3 N–H and O–H groups in total. The fourth-order valence-electron chi connectivity index (χ4n) is 3.94. The number of aromatic nitrogens is 1. The number of aromatic amines is 1. The Bertz CT molecular complexity index is 943. The molecule has 4 rings (SSSR count). The summed E-state index contributed by atoms with van der Waals surface area (Å²) in [6.45, 7) is 3.07. The number of ether oxygens (including phenoxy) is 1. The van der Waals surface area contributed by atoms with E-state index in [4.69, 9.17) is 4.74 Å². The Morgan fingerprint density at radius 2 is 1.90 bits per heavy atom. The fourth-order valence-corrected chi connectivity index (χ4v) is 3.94. The van der Waals surface area contributed by atoms with Crippen LogP contribution >= 0.6 is 0 Å². The van der Waals surface area contributed by atoms with Crippen molar-refractivity contribution in [2.75, 3.05) is 32.1 Å². The van der Waals surface area contributed by atoms with E-state index in [1.54, 1.807) is 7.11 Å². The number of amides is 2. The molecule has 0 atom stereocenters. The summed E-state index contributed by atoms with van der Waals surface area (Å²) in [5, 5.41) is 7.31. The van der Waals surface area contributed by atoms with Crippen molar-refractivity contribution in [2.24, 2.45) is 0 Å². The van der Waals surface area contributed by atoms with Crippen molar-refractivity contribution in [3.8, 4) is 5.75 Å². The van der Waals surface area contributed by atoms with Gasteiger partial charge in [-0.1, -0.05) is 18.2 Å². The van der Waals surface area contributed by atoms with Crippen LogP contribution < -0.4 is 15.4 Å². The van der Waals surface area contributed by atoms with Gasteiger partial charge in [0.1, 0.15) is 5.75 Å². The molecule has 29 heavy (non-hydrogen) atoms. The lowest BCUT2D eigenvalue weighted by molar-refractivity contribution is 0.197. The number of methoxy groups -OCH3 is 1. The van der Waals surface area contributed by atoms with Gasteiger partial charge in [-0.25, -0.2) is 4.79 Å². The van der Waals surface area contributed by atoms with Crippen molar-refractivity contribution in [2.45, 2.75) is 25.3 Å². The van der Waals surface area contributed by atoms with Crippen LogP contribution in [-0.2, 0) is 6.42 Å². The maximum atomic E-state index is 12.3. The molecule has 3 aromatic rings.